The molecule has 1 aliphatic heterocycles. The van der Waals surface area contributed by atoms with Crippen LogP contribution in [-0.4, -0.2) is 22.5 Å². The quantitative estimate of drug-likeness (QED) is 0.783. The van der Waals surface area contributed by atoms with Crippen LogP contribution in [-0.2, 0) is 13.6 Å². The molecule has 132 valence electrons. The van der Waals surface area contributed by atoms with Crippen molar-refractivity contribution in [2.24, 2.45) is 7.05 Å². The molecule has 1 N–H and O–H groups in total. The SMILES string of the molecule is Cn1nc(C(=O)NCc2ccccc2F)cc1-c1ccc2c(c1)OCO2. The minimum atomic E-state index is -0.365. The normalized spacial score (nSPS) is 12.2. The smallest absolute Gasteiger partial charge is 0.272 e. The molecular formula is C19H16FN3O3. The van der Waals surface area contributed by atoms with E-state index in [9.17, 15) is 9.18 Å². The Hall–Kier alpha value is -3.35. The number of aryl methyl sites for hydroxylation is 1. The highest BCUT2D eigenvalue weighted by atomic mass is 19.1. The first-order valence-corrected chi connectivity index (χ1v) is 8.07. The number of carbonyl (C=O) groups is 1. The molecule has 0 spiro atoms. The Morgan fingerprint density at radius 2 is 2.00 bits per heavy atom. The van der Waals surface area contributed by atoms with Gasteiger partial charge in [-0.3, -0.25) is 9.48 Å². The second-order valence-corrected chi connectivity index (χ2v) is 5.88. The summed E-state index contributed by atoms with van der Waals surface area (Å²) >= 11 is 0. The summed E-state index contributed by atoms with van der Waals surface area (Å²) in [5.41, 5.74) is 2.31. The summed E-state index contributed by atoms with van der Waals surface area (Å²) in [5, 5.41) is 6.94. The first kappa shape index (κ1) is 16.1. The van der Waals surface area contributed by atoms with E-state index in [0.29, 0.717) is 17.1 Å². The van der Waals surface area contributed by atoms with E-state index < -0.39 is 0 Å². The number of hydrogen-bond acceptors (Lipinski definition) is 4. The van der Waals surface area contributed by atoms with Crippen molar-refractivity contribution in [3.8, 4) is 22.8 Å². The van der Waals surface area contributed by atoms with Crippen LogP contribution in [0.3, 0.4) is 0 Å². The molecule has 3 aromatic rings. The van der Waals surface area contributed by atoms with E-state index in [-0.39, 0.29) is 30.8 Å². The van der Waals surface area contributed by atoms with E-state index in [1.807, 2.05) is 18.2 Å². The Morgan fingerprint density at radius 3 is 2.85 bits per heavy atom. The number of rotatable bonds is 4. The third-order valence-electron chi connectivity index (χ3n) is 4.18. The molecule has 0 unspecified atom stereocenters. The first-order chi connectivity index (χ1) is 12.6. The lowest BCUT2D eigenvalue weighted by atomic mass is 10.1. The lowest BCUT2D eigenvalue weighted by Gasteiger charge is -2.04. The molecule has 6 nitrogen and oxygen atoms in total. The maximum absolute atomic E-state index is 13.6. The summed E-state index contributed by atoms with van der Waals surface area (Å²) in [5.74, 6) is 0.638. The number of fused-ring (bicyclic) bond motifs is 1. The third kappa shape index (κ3) is 2.99. The molecule has 2 heterocycles. The van der Waals surface area contributed by atoms with Crippen molar-refractivity contribution in [3.63, 3.8) is 0 Å². The molecule has 2 aromatic carbocycles. The van der Waals surface area contributed by atoms with Crippen LogP contribution in [0.1, 0.15) is 16.1 Å². The minimum absolute atomic E-state index is 0.0986. The monoisotopic (exact) mass is 353 g/mol. The van der Waals surface area contributed by atoms with E-state index in [0.717, 1.165) is 11.3 Å². The van der Waals surface area contributed by atoms with Crippen LogP contribution < -0.4 is 14.8 Å². The van der Waals surface area contributed by atoms with E-state index in [2.05, 4.69) is 10.4 Å². The Labute approximate surface area is 149 Å². The first-order valence-electron chi connectivity index (χ1n) is 8.07. The van der Waals surface area contributed by atoms with Gasteiger partial charge in [0.15, 0.2) is 17.2 Å². The van der Waals surface area contributed by atoms with Crippen molar-refractivity contribution < 1.29 is 18.7 Å². The van der Waals surface area contributed by atoms with Gasteiger partial charge < -0.3 is 14.8 Å². The third-order valence-corrected chi connectivity index (χ3v) is 4.18. The van der Waals surface area contributed by atoms with E-state index in [1.54, 1.807) is 36.0 Å². The molecule has 0 radical (unpaired) electrons. The van der Waals surface area contributed by atoms with Crippen molar-refractivity contribution in [2.45, 2.75) is 6.54 Å². The molecule has 1 amide bonds. The van der Waals surface area contributed by atoms with Gasteiger partial charge >= 0.3 is 0 Å². The zero-order valence-electron chi connectivity index (χ0n) is 14.0. The number of aromatic nitrogens is 2. The fourth-order valence-electron chi connectivity index (χ4n) is 2.81. The molecule has 1 aromatic heterocycles. The lowest BCUT2D eigenvalue weighted by Crippen LogP contribution is -2.23. The summed E-state index contributed by atoms with van der Waals surface area (Å²) in [6.07, 6.45) is 0. The van der Waals surface area contributed by atoms with Gasteiger partial charge in [-0.25, -0.2) is 4.39 Å². The second-order valence-electron chi connectivity index (χ2n) is 5.88. The summed E-state index contributed by atoms with van der Waals surface area (Å²) < 4.78 is 26.0. The van der Waals surface area contributed by atoms with Gasteiger partial charge in [0.25, 0.3) is 5.91 Å². The topological polar surface area (TPSA) is 65.4 Å². The predicted molar refractivity (Wildman–Crippen MR) is 92.3 cm³/mol. The number of benzene rings is 2. The molecule has 0 saturated carbocycles. The number of nitrogens with zero attached hydrogens (tertiary/aromatic N) is 2. The highest BCUT2D eigenvalue weighted by Gasteiger charge is 2.18. The maximum atomic E-state index is 13.6. The predicted octanol–water partition coefficient (Wildman–Crippen LogP) is 2.88. The summed E-state index contributed by atoms with van der Waals surface area (Å²) in [6.45, 7) is 0.301. The van der Waals surface area contributed by atoms with Crippen LogP contribution in [0.4, 0.5) is 4.39 Å². The molecular weight excluding hydrogens is 337 g/mol. The molecule has 0 saturated heterocycles. The molecule has 7 heteroatoms. The van der Waals surface area contributed by atoms with Gasteiger partial charge in [-0.2, -0.15) is 5.10 Å². The van der Waals surface area contributed by atoms with Crippen LogP contribution in [0.5, 0.6) is 11.5 Å². The van der Waals surface area contributed by atoms with Crippen molar-refractivity contribution in [1.29, 1.82) is 0 Å². The van der Waals surface area contributed by atoms with Gasteiger partial charge in [-0.1, -0.05) is 18.2 Å². The Balaban J connectivity index is 1.52. The lowest BCUT2D eigenvalue weighted by molar-refractivity contribution is 0.0945. The van der Waals surface area contributed by atoms with Gasteiger partial charge in [0.1, 0.15) is 5.82 Å². The van der Waals surface area contributed by atoms with Crippen LogP contribution in [0.2, 0.25) is 0 Å². The molecule has 0 aliphatic carbocycles. The Bertz CT molecular complexity index is 984. The van der Waals surface area contributed by atoms with Gasteiger partial charge in [-0.15, -0.1) is 0 Å². The highest BCUT2D eigenvalue weighted by molar-refractivity contribution is 5.93. The van der Waals surface area contributed by atoms with E-state index in [1.165, 1.54) is 6.07 Å². The molecule has 0 atom stereocenters. The average Bonchev–Trinajstić information content (AvgIpc) is 3.26. The fraction of sp³-hybridized carbons (Fsp3) is 0.158. The molecule has 0 bridgehead atoms. The zero-order chi connectivity index (χ0) is 18.1. The minimum Gasteiger partial charge on any atom is -0.454 e. The Morgan fingerprint density at radius 1 is 1.19 bits per heavy atom. The second kappa shape index (κ2) is 6.51. The standard InChI is InChI=1S/C19H16FN3O3/c1-23-16(12-6-7-17-18(8-12)26-11-25-17)9-15(22-23)19(24)21-10-13-4-2-3-5-14(13)20/h2-9H,10-11H2,1H3,(H,21,24). The van der Waals surface area contributed by atoms with Gasteiger partial charge in [-0.05, 0) is 30.3 Å². The largest absolute Gasteiger partial charge is 0.454 e. The van der Waals surface area contributed by atoms with E-state index >= 15 is 0 Å². The molecule has 26 heavy (non-hydrogen) atoms. The van der Waals surface area contributed by atoms with Crippen molar-refractivity contribution in [1.82, 2.24) is 15.1 Å². The zero-order valence-corrected chi connectivity index (χ0v) is 14.0. The average molecular weight is 353 g/mol. The fourth-order valence-corrected chi connectivity index (χ4v) is 2.81. The number of amides is 1. The van der Waals surface area contributed by atoms with Gasteiger partial charge in [0, 0.05) is 24.7 Å². The summed E-state index contributed by atoms with van der Waals surface area (Å²) in [4.78, 5) is 12.4. The van der Waals surface area contributed by atoms with Gasteiger partial charge in [0.05, 0.1) is 5.69 Å². The van der Waals surface area contributed by atoms with E-state index in [4.69, 9.17) is 9.47 Å². The van der Waals surface area contributed by atoms with Crippen LogP contribution in [0, 0.1) is 5.82 Å². The van der Waals surface area contributed by atoms with Crippen molar-refractivity contribution in [3.05, 3.63) is 65.6 Å². The maximum Gasteiger partial charge on any atom is 0.272 e. The molecule has 4 rings (SSSR count). The Kier molecular flexibility index (Phi) is 4.04. The number of nitrogens with one attached hydrogen (secondary N) is 1. The highest BCUT2D eigenvalue weighted by Crippen LogP contribution is 2.35. The van der Waals surface area contributed by atoms with Crippen molar-refractivity contribution >= 4 is 5.91 Å². The number of carbonyl (C=O) groups excluding carboxylic acids is 1. The number of ether oxygens (including phenoxy) is 2. The molecule has 1 aliphatic rings. The summed E-state index contributed by atoms with van der Waals surface area (Å²) in [6, 6.07) is 13.6. The summed E-state index contributed by atoms with van der Waals surface area (Å²) in [7, 11) is 1.76. The number of hydrogen-bond donors (Lipinski definition) is 1. The number of halogens is 1. The van der Waals surface area contributed by atoms with Crippen LogP contribution in [0.25, 0.3) is 11.3 Å². The van der Waals surface area contributed by atoms with Crippen LogP contribution in [0.15, 0.2) is 48.5 Å². The van der Waals surface area contributed by atoms with Crippen molar-refractivity contribution in [2.75, 3.05) is 6.79 Å². The van der Waals surface area contributed by atoms with Gasteiger partial charge in [0.2, 0.25) is 6.79 Å². The van der Waals surface area contributed by atoms with Crippen LogP contribution >= 0.6 is 0 Å². The molecule has 0 fully saturated rings.